The van der Waals surface area contributed by atoms with E-state index in [9.17, 15) is 4.79 Å². The largest absolute Gasteiger partial charge is 0.494 e. The lowest BCUT2D eigenvalue weighted by atomic mass is 10.2. The molecule has 158 valence electrons. The molecule has 0 saturated heterocycles. The Morgan fingerprint density at radius 2 is 1.90 bits per heavy atom. The summed E-state index contributed by atoms with van der Waals surface area (Å²) >= 11 is 0. The van der Waals surface area contributed by atoms with E-state index in [4.69, 9.17) is 9.72 Å². The minimum Gasteiger partial charge on any atom is -0.494 e. The fourth-order valence-electron chi connectivity index (χ4n) is 3.58. The molecule has 0 saturated carbocycles. The van der Waals surface area contributed by atoms with E-state index in [0.717, 1.165) is 35.6 Å². The van der Waals surface area contributed by atoms with Gasteiger partial charge in [-0.15, -0.1) is 0 Å². The number of aryl methyl sites for hydroxylation is 2. The van der Waals surface area contributed by atoms with Crippen molar-refractivity contribution in [1.29, 1.82) is 0 Å². The maximum absolute atomic E-state index is 12.3. The molecule has 31 heavy (non-hydrogen) atoms. The third-order valence-electron chi connectivity index (χ3n) is 5.09. The van der Waals surface area contributed by atoms with Crippen LogP contribution in [0.3, 0.4) is 0 Å². The number of pyridine rings is 1. The van der Waals surface area contributed by atoms with E-state index in [2.05, 4.69) is 33.9 Å². The smallest absolute Gasteiger partial charge is 0.251 e. The van der Waals surface area contributed by atoms with Gasteiger partial charge in [0.15, 0.2) is 0 Å². The van der Waals surface area contributed by atoms with Crippen LogP contribution in [-0.4, -0.2) is 33.6 Å². The molecule has 0 spiro atoms. The van der Waals surface area contributed by atoms with Crippen molar-refractivity contribution in [2.45, 2.75) is 26.3 Å². The summed E-state index contributed by atoms with van der Waals surface area (Å²) in [5, 5.41) is 2.97. The fraction of sp³-hybridized carbons (Fsp3) is 0.240. The number of carbonyl (C=O) groups excluding carboxylic acids is 1. The Morgan fingerprint density at radius 1 is 1.06 bits per heavy atom. The summed E-state index contributed by atoms with van der Waals surface area (Å²) in [4.78, 5) is 21.0. The van der Waals surface area contributed by atoms with Crippen LogP contribution in [-0.2, 0) is 13.0 Å². The number of para-hydroxylation sites is 2. The highest BCUT2D eigenvalue weighted by Gasteiger charge is 2.11. The highest BCUT2D eigenvalue weighted by molar-refractivity contribution is 5.93. The molecule has 4 rings (SSSR count). The number of nitrogens with zero attached hydrogens (tertiary/aromatic N) is 3. The molecule has 6 heteroatoms. The number of hydrogen-bond donors (Lipinski definition) is 1. The van der Waals surface area contributed by atoms with Gasteiger partial charge in [-0.1, -0.05) is 24.3 Å². The number of hydrogen-bond acceptors (Lipinski definition) is 4. The van der Waals surface area contributed by atoms with Gasteiger partial charge in [0.05, 0.1) is 17.6 Å². The molecule has 0 unspecified atom stereocenters. The Balaban J connectivity index is 1.38. The van der Waals surface area contributed by atoms with Crippen molar-refractivity contribution in [2.75, 3.05) is 13.2 Å². The van der Waals surface area contributed by atoms with Crippen LogP contribution in [0.4, 0.5) is 0 Å². The zero-order chi connectivity index (χ0) is 21.5. The summed E-state index contributed by atoms with van der Waals surface area (Å²) in [6.45, 7) is 4.02. The Bertz CT molecular complexity index is 1150. The molecule has 2 heterocycles. The van der Waals surface area contributed by atoms with Crippen molar-refractivity contribution >= 4 is 16.9 Å². The van der Waals surface area contributed by atoms with Crippen LogP contribution >= 0.6 is 0 Å². The van der Waals surface area contributed by atoms with E-state index < -0.39 is 0 Å². The van der Waals surface area contributed by atoms with Gasteiger partial charge < -0.3 is 14.6 Å². The van der Waals surface area contributed by atoms with Crippen LogP contribution in [0, 0.1) is 6.92 Å². The van der Waals surface area contributed by atoms with E-state index in [1.165, 1.54) is 5.56 Å². The average molecular weight is 415 g/mol. The fourth-order valence-corrected chi connectivity index (χ4v) is 3.58. The predicted molar refractivity (Wildman–Crippen MR) is 121 cm³/mol. The molecular formula is C25H26N4O2. The van der Waals surface area contributed by atoms with Crippen LogP contribution in [0.15, 0.2) is 73.1 Å². The van der Waals surface area contributed by atoms with Crippen molar-refractivity contribution in [3.05, 3.63) is 90.0 Å². The van der Waals surface area contributed by atoms with Gasteiger partial charge in [-0.25, -0.2) is 4.98 Å². The van der Waals surface area contributed by atoms with Gasteiger partial charge >= 0.3 is 0 Å². The average Bonchev–Trinajstić information content (AvgIpc) is 3.14. The lowest BCUT2D eigenvalue weighted by molar-refractivity contribution is 0.0954. The maximum atomic E-state index is 12.3. The Labute approximate surface area is 181 Å². The zero-order valence-electron chi connectivity index (χ0n) is 17.6. The number of amides is 1. The first-order chi connectivity index (χ1) is 15.2. The normalized spacial score (nSPS) is 10.9. The van der Waals surface area contributed by atoms with Crippen molar-refractivity contribution in [3.8, 4) is 5.75 Å². The Kier molecular flexibility index (Phi) is 6.57. The first-order valence-corrected chi connectivity index (χ1v) is 10.5. The lowest BCUT2D eigenvalue weighted by Crippen LogP contribution is -2.26. The molecule has 1 N–H and O–H groups in total. The lowest BCUT2D eigenvalue weighted by Gasteiger charge is -2.11. The summed E-state index contributed by atoms with van der Waals surface area (Å²) < 4.78 is 8.13. The molecule has 0 aliphatic carbocycles. The standard InChI is InChI=1S/C25H26N4O2/c1-19-6-4-7-21(18-19)31-17-5-16-29-23-9-3-2-8-22(23)28-24(29)12-15-27-25(30)20-10-13-26-14-11-20/h2-4,6-11,13-14,18H,5,12,15-17H2,1H3,(H,27,30). The van der Waals surface area contributed by atoms with Crippen LogP contribution in [0.25, 0.3) is 11.0 Å². The molecular weight excluding hydrogens is 388 g/mol. The number of ether oxygens (including phenoxy) is 1. The van der Waals surface area contributed by atoms with Gasteiger partial charge in [0, 0.05) is 37.5 Å². The Hall–Kier alpha value is -3.67. The van der Waals surface area contributed by atoms with E-state index in [1.807, 2.05) is 36.4 Å². The third kappa shape index (κ3) is 5.28. The first kappa shape index (κ1) is 20.6. The molecule has 0 aliphatic heterocycles. The molecule has 0 bridgehead atoms. The quantitative estimate of drug-likeness (QED) is 0.417. The van der Waals surface area contributed by atoms with E-state index >= 15 is 0 Å². The minimum absolute atomic E-state index is 0.100. The number of carbonyl (C=O) groups is 1. The first-order valence-electron chi connectivity index (χ1n) is 10.5. The van der Waals surface area contributed by atoms with E-state index in [-0.39, 0.29) is 5.91 Å². The van der Waals surface area contributed by atoms with Gasteiger partial charge in [-0.3, -0.25) is 9.78 Å². The second-order valence-corrected chi connectivity index (χ2v) is 7.43. The molecule has 2 aromatic carbocycles. The van der Waals surface area contributed by atoms with Crippen LogP contribution < -0.4 is 10.1 Å². The predicted octanol–water partition coefficient (Wildman–Crippen LogP) is 4.18. The number of benzene rings is 2. The highest BCUT2D eigenvalue weighted by atomic mass is 16.5. The molecule has 0 atom stereocenters. The van der Waals surface area contributed by atoms with Gasteiger partial charge in [-0.05, 0) is 55.3 Å². The van der Waals surface area contributed by atoms with Crippen molar-refractivity contribution in [2.24, 2.45) is 0 Å². The van der Waals surface area contributed by atoms with Gasteiger partial charge in [0.2, 0.25) is 0 Å². The summed E-state index contributed by atoms with van der Waals surface area (Å²) in [6, 6.07) is 19.6. The molecule has 1 amide bonds. The maximum Gasteiger partial charge on any atom is 0.251 e. The van der Waals surface area contributed by atoms with Gasteiger partial charge in [-0.2, -0.15) is 0 Å². The molecule has 4 aromatic rings. The topological polar surface area (TPSA) is 69.0 Å². The summed E-state index contributed by atoms with van der Waals surface area (Å²) in [7, 11) is 0. The molecule has 2 aromatic heterocycles. The van der Waals surface area contributed by atoms with Crippen molar-refractivity contribution in [3.63, 3.8) is 0 Å². The second kappa shape index (κ2) is 9.89. The minimum atomic E-state index is -0.100. The number of rotatable bonds is 9. The van der Waals surface area contributed by atoms with Crippen LogP contribution in [0.5, 0.6) is 5.75 Å². The van der Waals surface area contributed by atoms with E-state index in [0.29, 0.717) is 25.1 Å². The van der Waals surface area contributed by atoms with E-state index in [1.54, 1.807) is 24.5 Å². The zero-order valence-corrected chi connectivity index (χ0v) is 17.6. The monoisotopic (exact) mass is 414 g/mol. The number of imidazole rings is 1. The van der Waals surface area contributed by atoms with Crippen LogP contribution in [0.1, 0.15) is 28.2 Å². The Morgan fingerprint density at radius 3 is 2.74 bits per heavy atom. The summed E-state index contributed by atoms with van der Waals surface area (Å²) in [5.41, 5.74) is 3.87. The highest BCUT2D eigenvalue weighted by Crippen LogP contribution is 2.18. The van der Waals surface area contributed by atoms with Crippen molar-refractivity contribution < 1.29 is 9.53 Å². The molecule has 0 fully saturated rings. The number of fused-ring (bicyclic) bond motifs is 1. The molecule has 6 nitrogen and oxygen atoms in total. The number of aromatic nitrogens is 3. The third-order valence-corrected chi connectivity index (χ3v) is 5.09. The SMILES string of the molecule is Cc1cccc(OCCCn2c(CCNC(=O)c3ccncc3)nc3ccccc32)c1. The van der Waals surface area contributed by atoms with Crippen LogP contribution in [0.2, 0.25) is 0 Å². The van der Waals surface area contributed by atoms with Gasteiger partial charge in [0.25, 0.3) is 5.91 Å². The molecule has 0 radical (unpaired) electrons. The number of nitrogens with one attached hydrogen (secondary N) is 1. The molecule has 0 aliphatic rings. The van der Waals surface area contributed by atoms with Crippen molar-refractivity contribution in [1.82, 2.24) is 19.9 Å². The summed E-state index contributed by atoms with van der Waals surface area (Å²) in [5.74, 6) is 1.76. The van der Waals surface area contributed by atoms with Gasteiger partial charge in [0.1, 0.15) is 11.6 Å². The second-order valence-electron chi connectivity index (χ2n) is 7.43. The summed E-state index contributed by atoms with van der Waals surface area (Å²) in [6.07, 6.45) is 4.76.